The third-order valence-corrected chi connectivity index (χ3v) is 10.2. The Balaban J connectivity index is 1.20. The van der Waals surface area contributed by atoms with Crippen LogP contribution in [0.4, 0.5) is 0 Å². The molecule has 4 aromatic heterocycles. The SMILES string of the molecule is c1ccc(-n2c3ccccc3c3cc(-c4ccc5c(c4)c4ccccc4n5-c4ncnc5c4sc4ccccc45)ccc32)cc1. The summed E-state index contributed by atoms with van der Waals surface area (Å²) < 4.78 is 7.00. The molecule has 45 heavy (non-hydrogen) atoms. The van der Waals surface area contributed by atoms with Gasteiger partial charge in [-0.05, 0) is 65.7 Å². The van der Waals surface area contributed by atoms with Crippen LogP contribution in [-0.4, -0.2) is 19.1 Å². The maximum Gasteiger partial charge on any atom is 0.159 e. The van der Waals surface area contributed by atoms with Gasteiger partial charge >= 0.3 is 0 Å². The zero-order valence-corrected chi connectivity index (χ0v) is 24.9. The number of hydrogen-bond acceptors (Lipinski definition) is 3. The second-order valence-electron chi connectivity index (χ2n) is 11.5. The number of benzene rings is 6. The molecule has 0 atom stereocenters. The minimum atomic E-state index is 0.926. The average molecular weight is 593 g/mol. The van der Waals surface area contributed by atoms with Crippen LogP contribution in [0.15, 0.2) is 146 Å². The smallest absolute Gasteiger partial charge is 0.159 e. The summed E-state index contributed by atoms with van der Waals surface area (Å²) >= 11 is 1.76. The molecule has 10 rings (SSSR count). The van der Waals surface area contributed by atoms with E-state index in [9.17, 15) is 0 Å². The fourth-order valence-corrected chi connectivity index (χ4v) is 8.19. The van der Waals surface area contributed by atoms with E-state index in [1.54, 1.807) is 17.7 Å². The van der Waals surface area contributed by atoms with E-state index < -0.39 is 0 Å². The van der Waals surface area contributed by atoms with Crippen LogP contribution in [0.3, 0.4) is 0 Å². The van der Waals surface area contributed by atoms with Crippen molar-refractivity contribution in [3.8, 4) is 22.6 Å². The van der Waals surface area contributed by atoms with E-state index in [2.05, 4.69) is 149 Å². The Kier molecular flexibility index (Phi) is 5.12. The number of rotatable bonds is 3. The molecule has 4 nitrogen and oxygen atoms in total. The molecule has 0 radical (unpaired) electrons. The molecule has 5 heteroatoms. The number of fused-ring (bicyclic) bond motifs is 9. The van der Waals surface area contributed by atoms with Crippen LogP contribution in [0.5, 0.6) is 0 Å². The fourth-order valence-electron chi connectivity index (χ4n) is 7.06. The van der Waals surface area contributed by atoms with Crippen LogP contribution < -0.4 is 0 Å². The zero-order valence-electron chi connectivity index (χ0n) is 24.1. The van der Waals surface area contributed by atoms with Gasteiger partial charge in [0.25, 0.3) is 0 Å². The molecule has 10 aromatic rings. The standard InChI is InChI=1S/C40H24N4S/c1-2-10-27(11-3-1)43-33-15-7-4-12-28(33)31-22-25(18-20-35(31)43)26-19-21-36-32(23-26)29-13-5-8-16-34(29)44(36)40-39-38(41-24-42-40)30-14-6-9-17-37(30)45-39/h1-24H. The molecule has 0 saturated heterocycles. The molecule has 0 aliphatic rings. The van der Waals surface area contributed by atoms with Crippen LogP contribution in [0.2, 0.25) is 0 Å². The molecule has 0 bridgehead atoms. The summed E-state index contributed by atoms with van der Waals surface area (Å²) in [6, 6.07) is 50.2. The maximum atomic E-state index is 4.88. The van der Waals surface area contributed by atoms with Crippen LogP contribution in [0, 0.1) is 0 Å². The topological polar surface area (TPSA) is 35.6 Å². The highest BCUT2D eigenvalue weighted by molar-refractivity contribution is 7.26. The molecule has 0 saturated carbocycles. The fraction of sp³-hybridized carbons (Fsp3) is 0. The summed E-state index contributed by atoms with van der Waals surface area (Å²) in [7, 11) is 0. The van der Waals surface area contributed by atoms with Crippen molar-refractivity contribution in [2.75, 3.05) is 0 Å². The van der Waals surface area contributed by atoms with Gasteiger partial charge in [0.2, 0.25) is 0 Å². The van der Waals surface area contributed by atoms with E-state index >= 15 is 0 Å². The van der Waals surface area contributed by atoms with Gasteiger partial charge in [-0.3, -0.25) is 4.57 Å². The molecule has 0 aliphatic heterocycles. The predicted molar refractivity (Wildman–Crippen MR) is 189 cm³/mol. The van der Waals surface area contributed by atoms with Gasteiger partial charge in [-0.2, -0.15) is 0 Å². The first kappa shape index (κ1) is 24.6. The Morgan fingerprint density at radius 3 is 1.71 bits per heavy atom. The highest BCUT2D eigenvalue weighted by Gasteiger charge is 2.19. The molecule has 0 N–H and O–H groups in total. The van der Waals surface area contributed by atoms with Gasteiger partial charge in [-0.25, -0.2) is 9.97 Å². The molecule has 4 heterocycles. The van der Waals surface area contributed by atoms with Gasteiger partial charge < -0.3 is 4.57 Å². The van der Waals surface area contributed by atoms with Crippen LogP contribution in [-0.2, 0) is 0 Å². The van der Waals surface area contributed by atoms with Crippen molar-refractivity contribution in [2.45, 2.75) is 0 Å². The van der Waals surface area contributed by atoms with E-state index in [-0.39, 0.29) is 0 Å². The van der Waals surface area contributed by atoms with Crippen molar-refractivity contribution < 1.29 is 0 Å². The van der Waals surface area contributed by atoms with Crippen molar-refractivity contribution in [1.82, 2.24) is 19.1 Å². The summed E-state index contributed by atoms with van der Waals surface area (Å²) in [5.41, 5.74) is 9.27. The summed E-state index contributed by atoms with van der Waals surface area (Å²) in [5, 5.41) is 6.11. The first-order valence-electron chi connectivity index (χ1n) is 15.1. The average Bonchev–Trinajstić information content (AvgIpc) is 3.76. The van der Waals surface area contributed by atoms with Gasteiger partial charge in [-0.1, -0.05) is 84.9 Å². The lowest BCUT2D eigenvalue weighted by Gasteiger charge is -2.09. The number of hydrogen-bond donors (Lipinski definition) is 0. The maximum absolute atomic E-state index is 4.88. The third-order valence-electron chi connectivity index (χ3n) is 9.04. The number of thiophene rings is 1. The molecule has 0 unspecified atom stereocenters. The monoisotopic (exact) mass is 592 g/mol. The van der Waals surface area contributed by atoms with E-state index in [4.69, 9.17) is 9.97 Å². The van der Waals surface area contributed by atoms with Crippen molar-refractivity contribution >= 4 is 75.3 Å². The van der Waals surface area contributed by atoms with E-state index in [1.807, 2.05) is 0 Å². The summed E-state index contributed by atoms with van der Waals surface area (Å²) in [4.78, 5) is 9.58. The molecule has 6 aromatic carbocycles. The number of aromatic nitrogens is 4. The van der Waals surface area contributed by atoms with Crippen molar-refractivity contribution in [1.29, 1.82) is 0 Å². The van der Waals surface area contributed by atoms with E-state index in [0.29, 0.717) is 0 Å². The first-order chi connectivity index (χ1) is 22.3. The molecule has 0 spiro atoms. The van der Waals surface area contributed by atoms with Gasteiger partial charge in [0.05, 0.1) is 32.3 Å². The highest BCUT2D eigenvalue weighted by Crippen LogP contribution is 2.41. The lowest BCUT2D eigenvalue weighted by molar-refractivity contribution is 1.08. The molecule has 0 fully saturated rings. The Hall–Kier alpha value is -5.78. The Morgan fingerprint density at radius 2 is 1.00 bits per heavy atom. The largest absolute Gasteiger partial charge is 0.309 e. The molecular weight excluding hydrogens is 569 g/mol. The Morgan fingerprint density at radius 1 is 0.444 bits per heavy atom. The van der Waals surface area contributed by atoms with Crippen molar-refractivity contribution in [2.24, 2.45) is 0 Å². The predicted octanol–water partition coefficient (Wildman–Crippen LogP) is 10.7. The van der Waals surface area contributed by atoms with Gasteiger partial charge in [0.1, 0.15) is 6.33 Å². The van der Waals surface area contributed by atoms with Crippen LogP contribution >= 0.6 is 11.3 Å². The highest BCUT2D eigenvalue weighted by atomic mass is 32.1. The van der Waals surface area contributed by atoms with Crippen molar-refractivity contribution in [3.05, 3.63) is 146 Å². The number of para-hydroxylation sites is 3. The molecular formula is C40H24N4S. The summed E-state index contributed by atoms with van der Waals surface area (Å²) in [5.74, 6) is 0.926. The lowest BCUT2D eigenvalue weighted by atomic mass is 10.0. The van der Waals surface area contributed by atoms with Crippen molar-refractivity contribution in [3.63, 3.8) is 0 Å². The molecule has 0 aliphatic carbocycles. The summed E-state index contributed by atoms with van der Waals surface area (Å²) in [6.07, 6.45) is 1.70. The van der Waals surface area contributed by atoms with Gasteiger partial charge in [0.15, 0.2) is 5.82 Å². The summed E-state index contributed by atoms with van der Waals surface area (Å²) in [6.45, 7) is 0. The Bertz CT molecular complexity index is 2770. The second kappa shape index (κ2) is 9.36. The Labute approximate surface area is 262 Å². The second-order valence-corrected chi connectivity index (χ2v) is 12.5. The van der Waals surface area contributed by atoms with E-state index in [0.717, 1.165) is 27.1 Å². The quantitative estimate of drug-likeness (QED) is 0.205. The van der Waals surface area contributed by atoms with Gasteiger partial charge in [0, 0.05) is 37.3 Å². The minimum absolute atomic E-state index is 0.926. The molecule has 0 amide bonds. The van der Waals surface area contributed by atoms with Gasteiger partial charge in [-0.15, -0.1) is 11.3 Å². The van der Waals surface area contributed by atoms with Crippen LogP contribution in [0.1, 0.15) is 0 Å². The molecule has 210 valence electrons. The number of nitrogens with zero attached hydrogens (tertiary/aromatic N) is 4. The van der Waals surface area contributed by atoms with Crippen LogP contribution in [0.25, 0.3) is 86.5 Å². The lowest BCUT2D eigenvalue weighted by Crippen LogP contribution is -1.98. The zero-order chi connectivity index (χ0) is 29.5. The third kappa shape index (κ3) is 3.53. The first-order valence-corrected chi connectivity index (χ1v) is 15.9. The van der Waals surface area contributed by atoms with E-state index in [1.165, 1.54) is 59.5 Å². The normalized spacial score (nSPS) is 12.0. The minimum Gasteiger partial charge on any atom is -0.309 e.